The van der Waals surface area contributed by atoms with E-state index in [0.29, 0.717) is 12.5 Å². The molecule has 1 amide bonds. The van der Waals surface area contributed by atoms with Crippen molar-refractivity contribution >= 4 is 5.91 Å². The van der Waals surface area contributed by atoms with Crippen molar-refractivity contribution in [3.8, 4) is 6.07 Å². The van der Waals surface area contributed by atoms with E-state index in [9.17, 15) is 10.1 Å². The number of nitrogens with two attached hydrogens (primary N) is 1. The average molecular weight is 382 g/mol. The number of hydrogen-bond donors (Lipinski definition) is 1. The number of nitriles is 1. The molecule has 0 aliphatic carbocycles. The average Bonchev–Trinajstić information content (AvgIpc) is 2.74. The van der Waals surface area contributed by atoms with Gasteiger partial charge in [0.2, 0.25) is 0 Å². The fraction of sp³-hybridized carbons (Fsp3) is 0.545. The molecule has 0 spiro atoms. The molecular weight excluding hydrogens is 350 g/mol. The number of nitrogens with zero attached hydrogens (tertiary/aromatic N) is 4. The predicted octanol–water partition coefficient (Wildman–Crippen LogP) is 1.45. The number of likely N-dealkylation sites (tertiary alicyclic amines) is 1. The van der Waals surface area contributed by atoms with E-state index in [1.54, 1.807) is 6.20 Å². The highest BCUT2D eigenvalue weighted by atomic mass is 16.2. The number of carbonyl (C=O) groups excluding carboxylic acids is 1. The number of amides is 1. The SMILES string of the molecule is N#C/C(=C/N1CCN(CCN)CC1)C(=O)N1CCC(Cc2ccccc2)CC1. The first-order valence-electron chi connectivity index (χ1n) is 10.3. The number of carbonyl (C=O) groups is 1. The van der Waals surface area contributed by atoms with Gasteiger partial charge >= 0.3 is 0 Å². The van der Waals surface area contributed by atoms with Crippen molar-refractivity contribution in [2.75, 3.05) is 52.4 Å². The van der Waals surface area contributed by atoms with Gasteiger partial charge in [-0.25, -0.2) is 0 Å². The summed E-state index contributed by atoms with van der Waals surface area (Å²) in [7, 11) is 0. The van der Waals surface area contributed by atoms with Crippen LogP contribution in [0.2, 0.25) is 0 Å². The molecule has 0 radical (unpaired) electrons. The number of hydrogen-bond acceptors (Lipinski definition) is 5. The molecule has 0 saturated carbocycles. The molecule has 150 valence electrons. The van der Waals surface area contributed by atoms with Gasteiger partial charge in [0.25, 0.3) is 5.91 Å². The second-order valence-corrected chi connectivity index (χ2v) is 7.75. The van der Waals surface area contributed by atoms with Gasteiger partial charge in [0.15, 0.2) is 0 Å². The van der Waals surface area contributed by atoms with Crippen molar-refractivity contribution in [3.63, 3.8) is 0 Å². The van der Waals surface area contributed by atoms with Crippen LogP contribution in [0.25, 0.3) is 0 Å². The summed E-state index contributed by atoms with van der Waals surface area (Å²) in [5.41, 5.74) is 7.23. The number of rotatable bonds is 6. The minimum Gasteiger partial charge on any atom is -0.374 e. The molecule has 6 heteroatoms. The van der Waals surface area contributed by atoms with Gasteiger partial charge in [0.1, 0.15) is 11.6 Å². The quantitative estimate of drug-likeness (QED) is 0.596. The second-order valence-electron chi connectivity index (χ2n) is 7.75. The molecule has 28 heavy (non-hydrogen) atoms. The van der Waals surface area contributed by atoms with E-state index < -0.39 is 0 Å². The van der Waals surface area contributed by atoms with Gasteiger partial charge in [-0.15, -0.1) is 0 Å². The van der Waals surface area contributed by atoms with E-state index in [0.717, 1.165) is 65.1 Å². The summed E-state index contributed by atoms with van der Waals surface area (Å²) in [6.07, 6.45) is 4.82. The summed E-state index contributed by atoms with van der Waals surface area (Å²) in [6.45, 7) is 6.54. The molecule has 6 nitrogen and oxygen atoms in total. The molecule has 2 N–H and O–H groups in total. The molecule has 2 saturated heterocycles. The lowest BCUT2D eigenvalue weighted by atomic mass is 9.90. The molecule has 1 aromatic carbocycles. The first-order valence-corrected chi connectivity index (χ1v) is 10.3. The van der Waals surface area contributed by atoms with Crippen molar-refractivity contribution in [3.05, 3.63) is 47.7 Å². The molecule has 2 fully saturated rings. The van der Waals surface area contributed by atoms with Crippen molar-refractivity contribution in [1.82, 2.24) is 14.7 Å². The highest BCUT2D eigenvalue weighted by Crippen LogP contribution is 2.22. The molecule has 2 aliphatic rings. The van der Waals surface area contributed by atoms with Crippen molar-refractivity contribution in [2.24, 2.45) is 11.7 Å². The lowest BCUT2D eigenvalue weighted by Crippen LogP contribution is -2.46. The summed E-state index contributed by atoms with van der Waals surface area (Å²) in [5.74, 6) is 0.488. The molecule has 1 aromatic rings. The first kappa shape index (κ1) is 20.4. The van der Waals surface area contributed by atoms with Gasteiger partial charge in [-0.05, 0) is 30.7 Å². The van der Waals surface area contributed by atoms with Crippen LogP contribution in [0.1, 0.15) is 18.4 Å². The van der Waals surface area contributed by atoms with Gasteiger partial charge in [-0.2, -0.15) is 5.26 Å². The second kappa shape index (κ2) is 10.3. The lowest BCUT2D eigenvalue weighted by molar-refractivity contribution is -0.128. The summed E-state index contributed by atoms with van der Waals surface area (Å²) < 4.78 is 0. The van der Waals surface area contributed by atoms with Crippen molar-refractivity contribution in [1.29, 1.82) is 5.26 Å². The van der Waals surface area contributed by atoms with Crippen LogP contribution in [0.15, 0.2) is 42.1 Å². The molecular formula is C22H31N5O. The van der Waals surface area contributed by atoms with E-state index in [4.69, 9.17) is 5.73 Å². The molecule has 0 unspecified atom stereocenters. The highest BCUT2D eigenvalue weighted by molar-refractivity contribution is 5.97. The Morgan fingerprint density at radius 2 is 1.79 bits per heavy atom. The van der Waals surface area contributed by atoms with Crippen molar-refractivity contribution < 1.29 is 4.79 Å². The Balaban J connectivity index is 1.50. The van der Waals surface area contributed by atoms with Gasteiger partial charge in [0, 0.05) is 58.6 Å². The number of piperidine rings is 1. The maximum atomic E-state index is 12.8. The third-order valence-electron chi connectivity index (χ3n) is 5.78. The number of benzene rings is 1. The molecule has 2 aliphatic heterocycles. The molecule has 0 aromatic heterocycles. The zero-order chi connectivity index (χ0) is 19.8. The largest absolute Gasteiger partial charge is 0.374 e. The summed E-state index contributed by atoms with van der Waals surface area (Å²) >= 11 is 0. The Hall–Kier alpha value is -2.36. The lowest BCUT2D eigenvalue weighted by Gasteiger charge is -2.35. The minimum absolute atomic E-state index is 0.120. The standard InChI is InChI=1S/C22H31N5O/c23-8-11-25-12-14-26(15-13-25)18-21(17-24)22(28)27-9-6-20(7-10-27)16-19-4-2-1-3-5-19/h1-5,18,20H,6-16,23H2/b21-18-. The Kier molecular flexibility index (Phi) is 7.46. The van der Waals surface area contributed by atoms with Crippen LogP contribution in [-0.2, 0) is 11.2 Å². The highest BCUT2D eigenvalue weighted by Gasteiger charge is 2.26. The minimum atomic E-state index is -0.120. The Labute approximate surface area is 168 Å². The smallest absolute Gasteiger partial charge is 0.266 e. The molecule has 0 bridgehead atoms. The van der Waals surface area contributed by atoms with E-state index in [-0.39, 0.29) is 11.5 Å². The van der Waals surface area contributed by atoms with E-state index in [1.807, 2.05) is 11.0 Å². The zero-order valence-electron chi connectivity index (χ0n) is 16.6. The van der Waals surface area contributed by atoms with E-state index >= 15 is 0 Å². The van der Waals surface area contributed by atoms with Crippen molar-refractivity contribution in [2.45, 2.75) is 19.3 Å². The zero-order valence-corrected chi connectivity index (χ0v) is 16.6. The monoisotopic (exact) mass is 381 g/mol. The summed E-state index contributed by atoms with van der Waals surface area (Å²) in [5, 5.41) is 9.52. The van der Waals surface area contributed by atoms with Gasteiger partial charge in [-0.3, -0.25) is 9.69 Å². The maximum Gasteiger partial charge on any atom is 0.266 e. The van der Waals surface area contributed by atoms with Gasteiger partial charge < -0.3 is 15.5 Å². The van der Waals surface area contributed by atoms with E-state index in [1.165, 1.54) is 5.56 Å². The van der Waals surface area contributed by atoms with Gasteiger partial charge in [0.05, 0.1) is 0 Å². The maximum absolute atomic E-state index is 12.8. The Morgan fingerprint density at radius 1 is 1.11 bits per heavy atom. The summed E-state index contributed by atoms with van der Waals surface area (Å²) in [6, 6.07) is 12.7. The third kappa shape index (κ3) is 5.57. The number of piperazine rings is 1. The van der Waals surface area contributed by atoms with E-state index in [2.05, 4.69) is 40.1 Å². The van der Waals surface area contributed by atoms with Crippen LogP contribution >= 0.6 is 0 Å². The fourth-order valence-electron chi connectivity index (χ4n) is 4.07. The molecule has 3 rings (SSSR count). The first-order chi connectivity index (χ1) is 13.7. The van der Waals surface area contributed by atoms with Gasteiger partial charge in [-0.1, -0.05) is 30.3 Å². The van der Waals surface area contributed by atoms with Crippen LogP contribution in [0.3, 0.4) is 0 Å². The topological polar surface area (TPSA) is 76.6 Å². The normalized spacial score (nSPS) is 19.5. The Bertz CT molecular complexity index is 695. The Morgan fingerprint density at radius 3 is 2.39 bits per heavy atom. The van der Waals surface area contributed by atoms with Crippen LogP contribution in [0, 0.1) is 17.2 Å². The van der Waals surface area contributed by atoms with Crippen LogP contribution < -0.4 is 5.73 Å². The third-order valence-corrected chi connectivity index (χ3v) is 5.78. The predicted molar refractivity (Wildman–Crippen MR) is 110 cm³/mol. The fourth-order valence-corrected chi connectivity index (χ4v) is 4.07. The van der Waals surface area contributed by atoms with Crippen LogP contribution in [-0.4, -0.2) is 73.0 Å². The molecule has 0 atom stereocenters. The van der Waals surface area contributed by atoms with Crippen LogP contribution in [0.4, 0.5) is 0 Å². The van der Waals surface area contributed by atoms with Crippen LogP contribution in [0.5, 0.6) is 0 Å². The molecule has 2 heterocycles. The summed E-state index contributed by atoms with van der Waals surface area (Å²) in [4.78, 5) is 19.1.